The van der Waals surface area contributed by atoms with E-state index < -0.39 is 5.97 Å². The number of nitrogens with zero attached hydrogens (tertiary/aromatic N) is 2. The van der Waals surface area contributed by atoms with Gasteiger partial charge in [-0.1, -0.05) is 54.4 Å². The minimum Gasteiger partial charge on any atom is -0.481 e. The summed E-state index contributed by atoms with van der Waals surface area (Å²) in [5.41, 5.74) is 8.84. The summed E-state index contributed by atoms with van der Waals surface area (Å²) >= 11 is 12.4. The van der Waals surface area contributed by atoms with E-state index in [0.717, 1.165) is 17.6 Å². The number of carboxylic acid groups (broad SMARTS) is 1. The van der Waals surface area contributed by atoms with Crippen molar-refractivity contribution in [2.75, 3.05) is 6.54 Å². The topological polar surface area (TPSA) is 99.1 Å². The molecule has 0 fully saturated rings. The van der Waals surface area contributed by atoms with E-state index in [4.69, 9.17) is 28.3 Å². The fraction of sp³-hybridized carbons (Fsp3) is 0.286. The molecule has 192 valence electrons. The Labute approximate surface area is 225 Å². The maximum Gasteiger partial charge on any atom is 0.305 e. The van der Waals surface area contributed by atoms with Crippen molar-refractivity contribution < 1.29 is 19.5 Å². The highest BCUT2D eigenvalue weighted by Crippen LogP contribution is 2.34. The van der Waals surface area contributed by atoms with Gasteiger partial charge in [-0.25, -0.2) is 4.99 Å². The Hall–Kier alpha value is -3.60. The zero-order chi connectivity index (χ0) is 27.1. The molecule has 0 aromatic heterocycles. The first-order chi connectivity index (χ1) is 17.6. The molecule has 3 rings (SSSR count). The van der Waals surface area contributed by atoms with E-state index >= 15 is 0 Å². The number of halogens is 2. The lowest BCUT2D eigenvalue weighted by atomic mass is 9.98. The molecule has 1 aliphatic heterocycles. The largest absolute Gasteiger partial charge is 0.481 e. The van der Waals surface area contributed by atoms with Crippen LogP contribution in [0.3, 0.4) is 0 Å². The van der Waals surface area contributed by atoms with Gasteiger partial charge in [0.2, 0.25) is 0 Å². The monoisotopic (exact) mass is 539 g/mol. The van der Waals surface area contributed by atoms with E-state index in [1.165, 1.54) is 0 Å². The van der Waals surface area contributed by atoms with Crippen molar-refractivity contribution in [3.05, 3.63) is 92.1 Å². The van der Waals surface area contributed by atoms with Crippen LogP contribution in [0.4, 0.5) is 0 Å². The fourth-order valence-electron chi connectivity index (χ4n) is 3.81. The third kappa shape index (κ3) is 7.22. The van der Waals surface area contributed by atoms with Crippen LogP contribution in [0.5, 0.6) is 0 Å². The average molecular weight is 540 g/mol. The van der Waals surface area contributed by atoms with E-state index in [2.05, 4.69) is 21.8 Å². The van der Waals surface area contributed by atoms with Crippen molar-refractivity contribution in [3.63, 3.8) is 0 Å². The SMILES string of the molecule is CCC[C@H](c1ccc(C(=O)NCCC(=O)O)cc1)N1C(=O)C(c2cc(Cl)cc(Cl)c2)=NC1=C=C=C(C)C. The van der Waals surface area contributed by atoms with Crippen LogP contribution in [0.1, 0.15) is 67.6 Å². The summed E-state index contributed by atoms with van der Waals surface area (Å²) in [6.45, 7) is 5.81. The molecule has 0 saturated carbocycles. The van der Waals surface area contributed by atoms with Gasteiger partial charge in [-0.2, -0.15) is 0 Å². The second-order valence-corrected chi connectivity index (χ2v) is 9.57. The number of carbonyl (C=O) groups is 3. The molecule has 2 N–H and O–H groups in total. The second-order valence-electron chi connectivity index (χ2n) is 8.69. The summed E-state index contributed by atoms with van der Waals surface area (Å²) in [5.74, 6) is -1.34. The van der Waals surface area contributed by atoms with Gasteiger partial charge in [0.25, 0.3) is 11.8 Å². The third-order valence-corrected chi connectivity index (χ3v) is 5.92. The number of carboxylic acids is 1. The molecule has 2 aromatic rings. The lowest BCUT2D eigenvalue weighted by Crippen LogP contribution is -2.33. The number of aliphatic carboxylic acids is 1. The molecular formula is C28H27Cl2N3O4. The Morgan fingerprint density at radius 2 is 1.76 bits per heavy atom. The quantitative estimate of drug-likeness (QED) is 0.385. The number of carbonyl (C=O) groups excluding carboxylic acids is 2. The van der Waals surface area contributed by atoms with Crippen LogP contribution in [-0.4, -0.2) is 40.0 Å². The maximum absolute atomic E-state index is 13.7. The van der Waals surface area contributed by atoms with Crippen molar-refractivity contribution in [1.29, 1.82) is 0 Å². The van der Waals surface area contributed by atoms with Gasteiger partial charge in [-0.3, -0.25) is 19.3 Å². The Balaban J connectivity index is 1.99. The summed E-state index contributed by atoms with van der Waals surface area (Å²) in [4.78, 5) is 43.0. The molecule has 1 atom stereocenters. The normalized spacial score (nSPS) is 13.5. The second kappa shape index (κ2) is 12.6. The number of rotatable bonds is 9. The van der Waals surface area contributed by atoms with Gasteiger partial charge in [0.1, 0.15) is 5.71 Å². The molecule has 0 radical (unpaired) electrons. The number of aliphatic imine (C=N–C) groups is 1. The number of hydrogen-bond acceptors (Lipinski definition) is 4. The lowest BCUT2D eigenvalue weighted by molar-refractivity contribution is -0.136. The molecule has 2 amide bonds. The fourth-order valence-corrected chi connectivity index (χ4v) is 4.34. The molecule has 0 saturated heterocycles. The molecule has 2 aromatic carbocycles. The van der Waals surface area contributed by atoms with Gasteiger partial charge in [-0.05, 0) is 67.5 Å². The number of allylic oxidation sites excluding steroid dienone is 1. The molecule has 0 bridgehead atoms. The van der Waals surface area contributed by atoms with E-state index in [1.54, 1.807) is 47.4 Å². The lowest BCUT2D eigenvalue weighted by Gasteiger charge is -2.27. The zero-order valence-corrected chi connectivity index (χ0v) is 22.3. The molecule has 1 aliphatic rings. The molecule has 0 unspecified atom stereocenters. The highest BCUT2D eigenvalue weighted by Gasteiger charge is 2.37. The molecule has 0 aliphatic carbocycles. The van der Waals surface area contributed by atoms with Crippen LogP contribution < -0.4 is 5.32 Å². The van der Waals surface area contributed by atoms with Gasteiger partial charge in [0, 0.05) is 27.7 Å². The molecule has 1 heterocycles. The predicted molar refractivity (Wildman–Crippen MR) is 144 cm³/mol. The minimum atomic E-state index is -0.985. The Bertz CT molecular complexity index is 1330. The Kier molecular flexibility index (Phi) is 9.51. The molecule has 37 heavy (non-hydrogen) atoms. The summed E-state index contributed by atoms with van der Waals surface area (Å²) in [6.07, 6.45) is 1.26. The third-order valence-electron chi connectivity index (χ3n) is 5.48. The number of hydrogen-bond donors (Lipinski definition) is 2. The molecule has 9 heteroatoms. The number of amides is 2. The maximum atomic E-state index is 13.7. The first-order valence-corrected chi connectivity index (χ1v) is 12.5. The van der Waals surface area contributed by atoms with Crippen LogP contribution in [0, 0.1) is 0 Å². The first-order valence-electron chi connectivity index (χ1n) is 11.8. The van der Waals surface area contributed by atoms with E-state index in [9.17, 15) is 14.4 Å². The van der Waals surface area contributed by atoms with Crippen LogP contribution >= 0.6 is 23.2 Å². The van der Waals surface area contributed by atoms with E-state index in [0.29, 0.717) is 33.4 Å². The van der Waals surface area contributed by atoms with Crippen LogP contribution in [0.15, 0.2) is 70.3 Å². The van der Waals surface area contributed by atoms with Crippen LogP contribution in [0.25, 0.3) is 0 Å². The Morgan fingerprint density at radius 3 is 2.32 bits per heavy atom. The smallest absolute Gasteiger partial charge is 0.305 e. The van der Waals surface area contributed by atoms with Crippen molar-refractivity contribution in [3.8, 4) is 0 Å². The van der Waals surface area contributed by atoms with Crippen molar-refractivity contribution >= 4 is 46.7 Å². The summed E-state index contributed by atoms with van der Waals surface area (Å²) < 4.78 is 0. The van der Waals surface area contributed by atoms with Crippen molar-refractivity contribution in [1.82, 2.24) is 10.2 Å². The van der Waals surface area contributed by atoms with Gasteiger partial charge in [-0.15, -0.1) is 0 Å². The first kappa shape index (κ1) is 28.0. The van der Waals surface area contributed by atoms with Gasteiger partial charge in [0.15, 0.2) is 5.82 Å². The molecule has 0 spiro atoms. The van der Waals surface area contributed by atoms with E-state index in [-0.39, 0.29) is 36.5 Å². The summed E-state index contributed by atoms with van der Waals surface area (Å²) in [7, 11) is 0. The predicted octanol–water partition coefficient (Wildman–Crippen LogP) is 5.93. The standard InChI is InChI=1S/C28H27Cl2N3O4/c1-4-5-23(18-7-9-19(10-8-18)27(36)31-13-12-25(34)35)33-24(11-6-17(2)3)32-26(28(33)37)20-14-21(29)16-22(30)15-20/h7-10,14-16,23H,4-5,12-13H2,1-3H3,(H,31,36)(H,34,35)/t23-/m1/s1. The van der Waals surface area contributed by atoms with Crippen LogP contribution in [-0.2, 0) is 9.59 Å². The highest BCUT2D eigenvalue weighted by molar-refractivity contribution is 6.48. The molecular weight excluding hydrogens is 513 g/mol. The van der Waals surface area contributed by atoms with Crippen molar-refractivity contribution in [2.45, 2.75) is 46.1 Å². The van der Waals surface area contributed by atoms with Gasteiger partial charge < -0.3 is 10.4 Å². The summed E-state index contributed by atoms with van der Waals surface area (Å²) in [6, 6.07) is 11.4. The van der Waals surface area contributed by atoms with E-state index in [1.807, 2.05) is 20.8 Å². The average Bonchev–Trinajstić information content (AvgIpc) is 3.16. The minimum absolute atomic E-state index is 0.0368. The molecule has 7 nitrogen and oxygen atoms in total. The van der Waals surface area contributed by atoms with Crippen molar-refractivity contribution in [2.24, 2.45) is 4.99 Å². The zero-order valence-electron chi connectivity index (χ0n) is 20.8. The van der Waals surface area contributed by atoms with Gasteiger partial charge in [0.05, 0.1) is 12.5 Å². The Morgan fingerprint density at radius 1 is 1.11 bits per heavy atom. The summed E-state index contributed by atoms with van der Waals surface area (Å²) in [5, 5.41) is 12.1. The van der Waals surface area contributed by atoms with Crippen LogP contribution in [0.2, 0.25) is 10.0 Å². The number of benzene rings is 2. The van der Waals surface area contributed by atoms with Gasteiger partial charge >= 0.3 is 5.97 Å². The highest BCUT2D eigenvalue weighted by atomic mass is 35.5. The number of nitrogens with one attached hydrogen (secondary N) is 1.